The maximum Gasteiger partial charge on any atom is 0.270 e. The Labute approximate surface area is 277 Å². The minimum absolute atomic E-state index is 0.332. The minimum atomic E-state index is 0.332. The van der Waals surface area contributed by atoms with E-state index < -0.39 is 0 Å². The van der Waals surface area contributed by atoms with E-state index in [0.717, 1.165) is 77.7 Å². The fraction of sp³-hybridized carbons (Fsp3) is 0. The van der Waals surface area contributed by atoms with E-state index >= 15 is 0 Å². The number of hydrogen-bond acceptors (Lipinski definition) is 5. The highest BCUT2D eigenvalue weighted by atomic mass is 14.9. The number of nitrogens with zero attached hydrogens (tertiary/aromatic N) is 6. The molecule has 6 heteroatoms. The van der Waals surface area contributed by atoms with E-state index in [-0.39, 0.29) is 0 Å². The van der Waals surface area contributed by atoms with Crippen molar-refractivity contribution in [2.45, 2.75) is 0 Å². The van der Waals surface area contributed by atoms with Gasteiger partial charge in [0.25, 0.3) is 5.82 Å². The molecule has 0 aliphatic rings. The molecule has 48 heavy (non-hydrogen) atoms. The molecule has 6 nitrogen and oxygen atoms in total. The maximum atomic E-state index is 9.47. The lowest BCUT2D eigenvalue weighted by Crippen LogP contribution is -1.96. The number of benzene rings is 4. The van der Waals surface area contributed by atoms with Crippen LogP contribution in [0, 0.1) is 17.9 Å². The van der Waals surface area contributed by atoms with Crippen molar-refractivity contribution in [2.75, 3.05) is 0 Å². The highest BCUT2D eigenvalue weighted by Crippen LogP contribution is 2.44. The Morgan fingerprint density at radius 3 is 1.73 bits per heavy atom. The molecule has 0 atom stereocenters. The van der Waals surface area contributed by atoms with Crippen LogP contribution >= 0.6 is 0 Å². The van der Waals surface area contributed by atoms with Gasteiger partial charge in [-0.15, -0.1) is 4.98 Å². The molecule has 4 aromatic heterocycles. The third-order valence-electron chi connectivity index (χ3n) is 8.47. The molecule has 0 N–H and O–H groups in total. The first-order chi connectivity index (χ1) is 23.7. The number of hydrogen-bond donors (Lipinski definition) is 0. The minimum Gasteiger partial charge on any atom is -0.361 e. The summed E-state index contributed by atoms with van der Waals surface area (Å²) in [5, 5.41) is 13.7. The van der Waals surface area contributed by atoms with Crippen LogP contribution in [0.25, 0.3) is 82.5 Å². The Balaban J connectivity index is 1.42. The first-order valence-corrected chi connectivity index (χ1v) is 15.4. The molecule has 0 spiro atoms. The molecule has 0 unspecified atom stereocenters. The van der Waals surface area contributed by atoms with Gasteiger partial charge in [-0.1, -0.05) is 85.4 Å². The van der Waals surface area contributed by atoms with Gasteiger partial charge in [-0.3, -0.25) is 0 Å². The van der Waals surface area contributed by atoms with Gasteiger partial charge in [-0.2, -0.15) is 5.26 Å². The Bertz CT molecular complexity index is 2600. The van der Waals surface area contributed by atoms with E-state index in [1.165, 1.54) is 0 Å². The van der Waals surface area contributed by atoms with Gasteiger partial charge in [-0.05, 0) is 92.8 Å². The van der Waals surface area contributed by atoms with Crippen LogP contribution in [-0.2, 0) is 0 Å². The van der Waals surface area contributed by atoms with Crippen LogP contribution in [0.3, 0.4) is 0 Å². The van der Waals surface area contributed by atoms with Crippen LogP contribution in [0.15, 0.2) is 146 Å². The van der Waals surface area contributed by atoms with Crippen LogP contribution in [0.1, 0.15) is 5.69 Å². The number of rotatable bonds is 5. The van der Waals surface area contributed by atoms with E-state index in [2.05, 4.69) is 87.6 Å². The summed E-state index contributed by atoms with van der Waals surface area (Å²) in [7, 11) is 0. The largest absolute Gasteiger partial charge is 0.361 e. The summed E-state index contributed by atoms with van der Waals surface area (Å²) in [6.45, 7) is 7.43. The summed E-state index contributed by atoms with van der Waals surface area (Å²) in [5.74, 6) is 0.332. The molecule has 0 fully saturated rings. The highest BCUT2D eigenvalue weighted by Gasteiger charge is 2.20. The third kappa shape index (κ3) is 5.10. The summed E-state index contributed by atoms with van der Waals surface area (Å²) in [6.07, 6.45) is 3.29. The molecule has 4 heterocycles. The molecule has 0 saturated heterocycles. The van der Waals surface area contributed by atoms with Gasteiger partial charge in [0, 0.05) is 22.9 Å². The molecular weight excluding hydrogens is 589 g/mol. The van der Waals surface area contributed by atoms with Gasteiger partial charge in [0.05, 0.1) is 22.8 Å². The summed E-state index contributed by atoms with van der Waals surface area (Å²) in [4.78, 5) is 22.1. The first kappa shape index (κ1) is 28.5. The van der Waals surface area contributed by atoms with Gasteiger partial charge in [0.15, 0.2) is 0 Å². The second kappa shape index (κ2) is 12.1. The number of pyridine rings is 4. The van der Waals surface area contributed by atoms with Crippen molar-refractivity contribution < 1.29 is 0 Å². The fourth-order valence-corrected chi connectivity index (χ4v) is 6.30. The normalized spacial score (nSPS) is 10.9. The Kier molecular flexibility index (Phi) is 7.15. The Morgan fingerprint density at radius 2 is 1.06 bits per heavy atom. The maximum absolute atomic E-state index is 9.47. The predicted octanol–water partition coefficient (Wildman–Crippen LogP) is 10.3. The lowest BCUT2D eigenvalue weighted by atomic mass is 9.87. The van der Waals surface area contributed by atoms with Gasteiger partial charge < -0.3 is 4.85 Å². The van der Waals surface area contributed by atoms with Crippen molar-refractivity contribution in [3.8, 4) is 62.2 Å². The van der Waals surface area contributed by atoms with Gasteiger partial charge in [-0.25, -0.2) is 15.0 Å². The molecule has 0 radical (unpaired) electrons. The molecule has 8 rings (SSSR count). The Morgan fingerprint density at radius 1 is 0.479 bits per heavy atom. The third-order valence-corrected chi connectivity index (χ3v) is 8.47. The van der Waals surface area contributed by atoms with Crippen molar-refractivity contribution in [2.24, 2.45) is 0 Å². The van der Waals surface area contributed by atoms with Gasteiger partial charge in [0.1, 0.15) is 18.0 Å². The first-order valence-electron chi connectivity index (χ1n) is 15.4. The standard InChI is InChI=1S/C42H24N6/c1-44-40-25-30(20-22-46-40)37-14-8-15-38(48-37)41-32-11-5-6-12-33(32)42(35-24-28(17-18-34(35)41)27-9-3-2-4-10-27)39-16-7-13-36(47-39)29-19-21-45-31(23-29)26-43/h2-25H. The van der Waals surface area contributed by atoms with Gasteiger partial charge >= 0.3 is 0 Å². The SMILES string of the molecule is [C-]#[N+]c1cc(-c2cccc(-c3c4ccccc4c(-c4cccc(-c5ccnc(C#N)c5)n4)c4cc(-c5ccccc5)ccc34)n2)ccn1. The van der Waals surface area contributed by atoms with Gasteiger partial charge in [0.2, 0.25) is 0 Å². The molecule has 0 bridgehead atoms. The fourth-order valence-electron chi connectivity index (χ4n) is 6.30. The van der Waals surface area contributed by atoms with Crippen LogP contribution in [0.5, 0.6) is 0 Å². The number of fused-ring (bicyclic) bond motifs is 2. The summed E-state index contributed by atoms with van der Waals surface area (Å²) in [6, 6.07) is 46.8. The van der Waals surface area contributed by atoms with E-state index in [4.69, 9.17) is 16.5 Å². The highest BCUT2D eigenvalue weighted by molar-refractivity contribution is 6.21. The summed E-state index contributed by atoms with van der Waals surface area (Å²) >= 11 is 0. The summed E-state index contributed by atoms with van der Waals surface area (Å²) in [5.41, 5.74) is 9.46. The predicted molar refractivity (Wildman–Crippen MR) is 191 cm³/mol. The van der Waals surface area contributed by atoms with Crippen molar-refractivity contribution >= 4 is 27.4 Å². The van der Waals surface area contributed by atoms with Crippen molar-refractivity contribution in [3.05, 3.63) is 163 Å². The average molecular weight is 613 g/mol. The molecule has 0 saturated carbocycles. The monoisotopic (exact) mass is 612 g/mol. The number of nitriles is 1. The van der Waals surface area contributed by atoms with Crippen LogP contribution in [0.2, 0.25) is 0 Å². The molecule has 0 amide bonds. The molecule has 0 aliphatic heterocycles. The zero-order valence-electron chi connectivity index (χ0n) is 25.5. The van der Waals surface area contributed by atoms with Crippen LogP contribution in [0.4, 0.5) is 5.82 Å². The molecule has 4 aromatic carbocycles. The van der Waals surface area contributed by atoms with E-state index in [0.29, 0.717) is 11.5 Å². The molecule has 0 aliphatic carbocycles. The van der Waals surface area contributed by atoms with E-state index in [1.807, 2.05) is 54.6 Å². The molecular formula is C42H24N6. The Hall–Kier alpha value is -7.02. The topological polar surface area (TPSA) is 79.7 Å². The smallest absolute Gasteiger partial charge is 0.270 e. The van der Waals surface area contributed by atoms with Crippen LogP contribution in [-0.4, -0.2) is 19.9 Å². The van der Waals surface area contributed by atoms with Crippen LogP contribution < -0.4 is 0 Å². The van der Waals surface area contributed by atoms with Crippen molar-refractivity contribution in [1.82, 2.24) is 19.9 Å². The van der Waals surface area contributed by atoms with E-state index in [1.54, 1.807) is 24.5 Å². The number of aromatic nitrogens is 4. The zero-order valence-corrected chi connectivity index (χ0v) is 25.5. The zero-order chi connectivity index (χ0) is 32.5. The second-order valence-electron chi connectivity index (χ2n) is 11.3. The molecule has 8 aromatic rings. The van der Waals surface area contributed by atoms with Crippen molar-refractivity contribution in [3.63, 3.8) is 0 Å². The lowest BCUT2D eigenvalue weighted by Gasteiger charge is -2.18. The molecule has 222 valence electrons. The van der Waals surface area contributed by atoms with Crippen molar-refractivity contribution in [1.29, 1.82) is 5.26 Å². The second-order valence-corrected chi connectivity index (χ2v) is 11.3. The summed E-state index contributed by atoms with van der Waals surface area (Å²) < 4.78 is 0. The lowest BCUT2D eigenvalue weighted by molar-refractivity contribution is 1.25. The van der Waals surface area contributed by atoms with E-state index in [9.17, 15) is 5.26 Å². The average Bonchev–Trinajstić information content (AvgIpc) is 3.17. The quantitative estimate of drug-likeness (QED) is 0.143.